The van der Waals surface area contributed by atoms with Gasteiger partial charge in [0.05, 0.1) is 19.3 Å². The Balaban J connectivity index is 1.48. The summed E-state index contributed by atoms with van der Waals surface area (Å²) in [6.45, 7) is 3.85. The van der Waals surface area contributed by atoms with Gasteiger partial charge in [-0.3, -0.25) is 4.90 Å². The third-order valence-corrected chi connectivity index (χ3v) is 5.00. The van der Waals surface area contributed by atoms with Gasteiger partial charge >= 0.3 is 5.69 Å². The number of rotatable bonds is 5. The Morgan fingerprint density at radius 1 is 1.07 bits per heavy atom. The zero-order valence-electron chi connectivity index (χ0n) is 15.6. The van der Waals surface area contributed by atoms with Crippen LogP contribution in [0.5, 0.6) is 5.75 Å². The largest absolute Gasteiger partial charge is 0.495 e. The minimum Gasteiger partial charge on any atom is -0.495 e. The fourth-order valence-corrected chi connectivity index (χ4v) is 3.51. The highest BCUT2D eigenvalue weighted by molar-refractivity contribution is 5.47. The summed E-state index contributed by atoms with van der Waals surface area (Å²) >= 11 is 0. The van der Waals surface area contributed by atoms with E-state index in [0.29, 0.717) is 23.8 Å². The van der Waals surface area contributed by atoms with Gasteiger partial charge in [-0.25, -0.2) is 18.9 Å². The lowest BCUT2D eigenvalue weighted by atomic mass is 10.2. The van der Waals surface area contributed by atoms with Crippen molar-refractivity contribution >= 4 is 5.69 Å². The van der Waals surface area contributed by atoms with Crippen molar-refractivity contribution in [3.63, 3.8) is 0 Å². The van der Waals surface area contributed by atoms with E-state index in [1.807, 2.05) is 24.3 Å². The van der Waals surface area contributed by atoms with Crippen LogP contribution in [0.25, 0.3) is 5.69 Å². The molecule has 0 radical (unpaired) electrons. The number of benzene rings is 2. The number of halogens is 1. The Hall–Kier alpha value is -3.13. The highest BCUT2D eigenvalue weighted by Gasteiger charge is 2.21. The number of para-hydroxylation sites is 2. The fraction of sp³-hybridized carbons (Fsp3) is 0.300. The molecule has 146 valence electrons. The minimum absolute atomic E-state index is 0.227. The summed E-state index contributed by atoms with van der Waals surface area (Å²) in [5.74, 6) is 1.04. The lowest BCUT2D eigenvalue weighted by Gasteiger charge is -2.35. The summed E-state index contributed by atoms with van der Waals surface area (Å²) in [6.07, 6.45) is 0. The molecule has 1 N–H and O–H groups in total. The van der Waals surface area contributed by atoms with Crippen LogP contribution in [0.15, 0.2) is 53.3 Å². The topological polar surface area (TPSA) is 66.4 Å². The first-order valence-electron chi connectivity index (χ1n) is 9.18. The van der Waals surface area contributed by atoms with Crippen LogP contribution in [0, 0.1) is 5.82 Å². The van der Waals surface area contributed by atoms with Gasteiger partial charge in [-0.1, -0.05) is 12.1 Å². The number of hydrogen-bond donors (Lipinski definition) is 1. The molecule has 0 aliphatic carbocycles. The Morgan fingerprint density at radius 2 is 1.79 bits per heavy atom. The number of hydrogen-bond acceptors (Lipinski definition) is 5. The van der Waals surface area contributed by atoms with Crippen molar-refractivity contribution in [2.45, 2.75) is 6.54 Å². The standard InChI is InChI=1S/C20H22FN5O2/c1-28-18-5-3-2-4-17(18)26-19(22-23-20(26)27)14-24-10-12-25(13-11-24)16-8-6-15(21)7-9-16/h2-9H,10-14H2,1H3,(H,23,27). The van der Waals surface area contributed by atoms with Crippen molar-refractivity contribution in [1.82, 2.24) is 19.7 Å². The number of aromatic amines is 1. The molecule has 2 heterocycles. The maximum Gasteiger partial charge on any atom is 0.348 e. The quantitative estimate of drug-likeness (QED) is 0.730. The number of anilines is 1. The smallest absolute Gasteiger partial charge is 0.348 e. The van der Waals surface area contributed by atoms with Crippen LogP contribution in [-0.2, 0) is 6.54 Å². The molecule has 1 aliphatic rings. The monoisotopic (exact) mass is 383 g/mol. The first kappa shape index (κ1) is 18.2. The number of ether oxygens (including phenoxy) is 1. The van der Waals surface area contributed by atoms with Crippen LogP contribution in [0.3, 0.4) is 0 Å². The lowest BCUT2D eigenvalue weighted by molar-refractivity contribution is 0.242. The summed E-state index contributed by atoms with van der Waals surface area (Å²) in [5, 5.41) is 6.77. The van der Waals surface area contributed by atoms with Gasteiger partial charge < -0.3 is 9.64 Å². The zero-order chi connectivity index (χ0) is 19.5. The molecular formula is C20H22FN5O2. The number of nitrogens with one attached hydrogen (secondary N) is 1. The molecule has 0 amide bonds. The fourth-order valence-electron chi connectivity index (χ4n) is 3.51. The number of H-pyrrole nitrogens is 1. The summed E-state index contributed by atoms with van der Waals surface area (Å²) in [4.78, 5) is 16.8. The van der Waals surface area contributed by atoms with Crippen LogP contribution < -0.4 is 15.3 Å². The van der Waals surface area contributed by atoms with Gasteiger partial charge in [0.2, 0.25) is 0 Å². The van der Waals surface area contributed by atoms with E-state index in [1.54, 1.807) is 23.8 Å². The second kappa shape index (κ2) is 7.85. The van der Waals surface area contributed by atoms with E-state index in [2.05, 4.69) is 20.0 Å². The van der Waals surface area contributed by atoms with E-state index in [1.165, 1.54) is 12.1 Å². The van der Waals surface area contributed by atoms with E-state index < -0.39 is 0 Å². The third-order valence-electron chi connectivity index (χ3n) is 5.00. The number of nitrogens with zero attached hydrogens (tertiary/aromatic N) is 4. The van der Waals surface area contributed by atoms with Gasteiger partial charge in [-0.15, -0.1) is 0 Å². The van der Waals surface area contributed by atoms with Crippen molar-refractivity contribution in [2.24, 2.45) is 0 Å². The van der Waals surface area contributed by atoms with Gasteiger partial charge in [0.25, 0.3) is 0 Å². The first-order valence-corrected chi connectivity index (χ1v) is 9.18. The molecule has 1 fully saturated rings. The number of aromatic nitrogens is 3. The van der Waals surface area contributed by atoms with E-state index in [9.17, 15) is 9.18 Å². The summed E-state index contributed by atoms with van der Waals surface area (Å²) in [5.41, 5.74) is 1.40. The average molecular weight is 383 g/mol. The van der Waals surface area contributed by atoms with E-state index in [0.717, 1.165) is 31.9 Å². The van der Waals surface area contributed by atoms with Gasteiger partial charge in [0.1, 0.15) is 11.6 Å². The van der Waals surface area contributed by atoms with Gasteiger partial charge in [0.15, 0.2) is 5.82 Å². The Bertz CT molecular complexity index is 990. The molecule has 0 atom stereocenters. The SMILES string of the molecule is COc1ccccc1-n1c(CN2CCN(c3ccc(F)cc3)CC2)n[nH]c1=O. The first-order chi connectivity index (χ1) is 13.7. The molecule has 0 spiro atoms. The summed E-state index contributed by atoms with van der Waals surface area (Å²) in [7, 11) is 1.58. The van der Waals surface area contributed by atoms with Crippen molar-refractivity contribution in [3.05, 3.63) is 70.7 Å². The molecule has 8 heteroatoms. The van der Waals surface area contributed by atoms with Crippen LogP contribution in [0.2, 0.25) is 0 Å². The molecular weight excluding hydrogens is 361 g/mol. The molecule has 1 saturated heterocycles. The van der Waals surface area contributed by atoms with Crippen molar-refractivity contribution in [2.75, 3.05) is 38.2 Å². The Labute approximate surface area is 162 Å². The molecule has 28 heavy (non-hydrogen) atoms. The summed E-state index contributed by atoms with van der Waals surface area (Å²) < 4.78 is 20.1. The maximum atomic E-state index is 13.1. The maximum absolute atomic E-state index is 13.1. The van der Waals surface area contributed by atoms with Crippen molar-refractivity contribution in [1.29, 1.82) is 0 Å². The Kier molecular flexibility index (Phi) is 5.12. The third kappa shape index (κ3) is 3.63. The van der Waals surface area contributed by atoms with Crippen LogP contribution in [0.1, 0.15) is 5.82 Å². The summed E-state index contributed by atoms with van der Waals surface area (Å²) in [6, 6.07) is 14.0. The molecule has 0 saturated carbocycles. The van der Waals surface area contributed by atoms with E-state index in [-0.39, 0.29) is 11.5 Å². The molecule has 7 nitrogen and oxygen atoms in total. The van der Waals surface area contributed by atoms with E-state index in [4.69, 9.17) is 4.74 Å². The average Bonchev–Trinajstić information content (AvgIpc) is 3.09. The van der Waals surface area contributed by atoms with Gasteiger partial charge in [-0.05, 0) is 36.4 Å². The molecule has 2 aromatic carbocycles. The Morgan fingerprint density at radius 3 is 2.50 bits per heavy atom. The zero-order valence-corrected chi connectivity index (χ0v) is 15.6. The van der Waals surface area contributed by atoms with Crippen molar-refractivity contribution in [3.8, 4) is 11.4 Å². The highest BCUT2D eigenvalue weighted by atomic mass is 19.1. The molecule has 4 rings (SSSR count). The highest BCUT2D eigenvalue weighted by Crippen LogP contribution is 2.22. The van der Waals surface area contributed by atoms with Crippen LogP contribution in [0.4, 0.5) is 10.1 Å². The molecule has 3 aromatic rings. The van der Waals surface area contributed by atoms with Gasteiger partial charge in [0, 0.05) is 31.9 Å². The number of methoxy groups -OCH3 is 1. The van der Waals surface area contributed by atoms with Crippen LogP contribution >= 0.6 is 0 Å². The predicted octanol–water partition coefficient (Wildman–Crippen LogP) is 2.03. The lowest BCUT2D eigenvalue weighted by Crippen LogP contribution is -2.46. The molecule has 1 aromatic heterocycles. The molecule has 1 aliphatic heterocycles. The van der Waals surface area contributed by atoms with Gasteiger partial charge in [-0.2, -0.15) is 5.10 Å². The molecule has 0 unspecified atom stereocenters. The second-order valence-electron chi connectivity index (χ2n) is 6.69. The van der Waals surface area contributed by atoms with Crippen LogP contribution in [-0.4, -0.2) is 53.0 Å². The van der Waals surface area contributed by atoms with E-state index >= 15 is 0 Å². The van der Waals surface area contributed by atoms with Crippen molar-refractivity contribution < 1.29 is 9.13 Å². The number of piperazine rings is 1. The normalized spacial score (nSPS) is 15.0. The minimum atomic E-state index is -0.288. The predicted molar refractivity (Wildman–Crippen MR) is 105 cm³/mol. The molecule has 0 bridgehead atoms. The second-order valence-corrected chi connectivity index (χ2v) is 6.69.